The van der Waals surface area contributed by atoms with Gasteiger partial charge >= 0.3 is 0 Å². The second-order valence-corrected chi connectivity index (χ2v) is 3.37. The zero-order chi connectivity index (χ0) is 9.26. The number of hydroxylamine groups is 1. The Balaban J connectivity index is 2.33. The molecule has 0 bridgehead atoms. The lowest BCUT2D eigenvalue weighted by Crippen LogP contribution is -2.17. The van der Waals surface area contributed by atoms with Crippen LogP contribution in [-0.2, 0) is 4.84 Å². The molecule has 1 fully saturated rings. The largest absolute Gasteiger partial charge is 0.396 e. The minimum atomic E-state index is 0.577. The highest BCUT2D eigenvalue weighted by atomic mass is 35.5. The van der Waals surface area contributed by atoms with Crippen LogP contribution in [0.25, 0.3) is 0 Å². The highest BCUT2D eigenvalue weighted by Crippen LogP contribution is 2.31. The first-order valence-electron chi connectivity index (χ1n) is 4.23. The normalized spacial score (nSPS) is 16.5. The topological polar surface area (TPSA) is 38.5 Å². The predicted molar refractivity (Wildman–Crippen MR) is 53.8 cm³/mol. The molecule has 0 saturated carbocycles. The van der Waals surface area contributed by atoms with Gasteiger partial charge < -0.3 is 5.73 Å². The van der Waals surface area contributed by atoms with Crippen LogP contribution in [0.2, 0.25) is 5.02 Å². The van der Waals surface area contributed by atoms with Crippen molar-refractivity contribution in [1.29, 1.82) is 0 Å². The molecular formula is C9H11ClN2O. The first-order chi connectivity index (χ1) is 6.29. The van der Waals surface area contributed by atoms with Gasteiger partial charge in [-0.2, -0.15) is 0 Å². The Labute approximate surface area is 82.0 Å². The van der Waals surface area contributed by atoms with E-state index in [0.29, 0.717) is 10.7 Å². The standard InChI is InChI=1S/C9H11ClN2O/c10-7-3-1-4-8(9(7)11)12-5-2-6-13-12/h1,3-4H,2,5-6,11H2. The number of nitrogen functional groups attached to an aromatic ring is 1. The van der Waals surface area contributed by atoms with Gasteiger partial charge in [0.25, 0.3) is 0 Å². The molecule has 1 saturated heterocycles. The third-order valence-electron chi connectivity index (χ3n) is 2.05. The van der Waals surface area contributed by atoms with Crippen LogP contribution in [0.3, 0.4) is 0 Å². The van der Waals surface area contributed by atoms with Crippen molar-refractivity contribution in [2.75, 3.05) is 23.9 Å². The number of rotatable bonds is 1. The van der Waals surface area contributed by atoms with Crippen molar-refractivity contribution in [1.82, 2.24) is 0 Å². The first kappa shape index (κ1) is 8.66. The van der Waals surface area contributed by atoms with Crippen molar-refractivity contribution in [2.24, 2.45) is 0 Å². The van der Waals surface area contributed by atoms with Crippen molar-refractivity contribution >= 4 is 23.0 Å². The Kier molecular flexibility index (Phi) is 2.29. The average Bonchev–Trinajstić information content (AvgIpc) is 2.62. The van der Waals surface area contributed by atoms with Crippen molar-refractivity contribution < 1.29 is 4.84 Å². The van der Waals surface area contributed by atoms with E-state index in [0.717, 1.165) is 25.3 Å². The van der Waals surface area contributed by atoms with Crippen molar-refractivity contribution in [3.05, 3.63) is 23.2 Å². The third-order valence-corrected chi connectivity index (χ3v) is 2.38. The molecule has 0 aromatic heterocycles. The van der Waals surface area contributed by atoms with Gasteiger partial charge in [-0.1, -0.05) is 17.7 Å². The minimum Gasteiger partial charge on any atom is -0.396 e. The van der Waals surface area contributed by atoms with Gasteiger partial charge in [0.1, 0.15) is 0 Å². The lowest BCUT2D eigenvalue weighted by atomic mass is 10.2. The number of nitrogens with zero attached hydrogens (tertiary/aromatic N) is 1. The number of nitrogens with two attached hydrogens (primary N) is 1. The van der Waals surface area contributed by atoms with Gasteiger partial charge in [-0.15, -0.1) is 0 Å². The summed E-state index contributed by atoms with van der Waals surface area (Å²) >= 11 is 5.89. The van der Waals surface area contributed by atoms with E-state index in [1.807, 2.05) is 12.1 Å². The predicted octanol–water partition coefficient (Wildman–Crippen LogP) is 2.06. The van der Waals surface area contributed by atoms with E-state index in [-0.39, 0.29) is 0 Å². The summed E-state index contributed by atoms with van der Waals surface area (Å²) in [5.41, 5.74) is 7.26. The van der Waals surface area contributed by atoms with Crippen molar-refractivity contribution in [3.8, 4) is 0 Å². The maximum absolute atomic E-state index is 5.89. The van der Waals surface area contributed by atoms with Gasteiger partial charge in [0, 0.05) is 6.54 Å². The van der Waals surface area contributed by atoms with Crippen molar-refractivity contribution in [2.45, 2.75) is 6.42 Å². The fraction of sp³-hybridized carbons (Fsp3) is 0.333. The maximum atomic E-state index is 5.89. The molecule has 0 spiro atoms. The second-order valence-electron chi connectivity index (χ2n) is 2.96. The Morgan fingerprint density at radius 3 is 3.00 bits per heavy atom. The molecule has 1 aromatic carbocycles. The second kappa shape index (κ2) is 3.44. The number of anilines is 2. The zero-order valence-electron chi connectivity index (χ0n) is 7.16. The molecule has 2 N–H and O–H groups in total. The number of benzene rings is 1. The smallest absolute Gasteiger partial charge is 0.0881 e. The Morgan fingerprint density at radius 1 is 1.46 bits per heavy atom. The Morgan fingerprint density at radius 2 is 2.31 bits per heavy atom. The van der Waals surface area contributed by atoms with Gasteiger partial charge in [-0.3, -0.25) is 9.90 Å². The molecule has 13 heavy (non-hydrogen) atoms. The van der Waals surface area contributed by atoms with Crippen LogP contribution in [0.4, 0.5) is 11.4 Å². The SMILES string of the molecule is Nc1c(Cl)cccc1N1CCCO1. The zero-order valence-corrected chi connectivity index (χ0v) is 7.92. The summed E-state index contributed by atoms with van der Waals surface area (Å²) in [6, 6.07) is 5.55. The van der Waals surface area contributed by atoms with E-state index < -0.39 is 0 Å². The minimum absolute atomic E-state index is 0.577. The first-order valence-corrected chi connectivity index (χ1v) is 4.61. The highest BCUT2D eigenvalue weighted by Gasteiger charge is 2.16. The maximum Gasteiger partial charge on any atom is 0.0881 e. The Bertz CT molecular complexity index is 310. The summed E-state index contributed by atoms with van der Waals surface area (Å²) in [7, 11) is 0. The Hall–Kier alpha value is -0.930. The molecule has 0 radical (unpaired) electrons. The van der Waals surface area contributed by atoms with E-state index in [2.05, 4.69) is 0 Å². The molecule has 2 rings (SSSR count). The van der Waals surface area contributed by atoms with Crippen LogP contribution in [0.1, 0.15) is 6.42 Å². The molecule has 0 amide bonds. The number of halogens is 1. The van der Waals surface area contributed by atoms with Gasteiger partial charge in [-0.05, 0) is 18.6 Å². The molecule has 3 nitrogen and oxygen atoms in total. The molecule has 4 heteroatoms. The molecule has 0 atom stereocenters. The summed E-state index contributed by atoms with van der Waals surface area (Å²) in [5, 5.41) is 2.37. The molecule has 1 aromatic rings. The summed E-state index contributed by atoms with van der Waals surface area (Å²) in [6.45, 7) is 1.64. The van der Waals surface area contributed by atoms with Crippen LogP contribution < -0.4 is 10.8 Å². The summed E-state index contributed by atoms with van der Waals surface area (Å²) in [5.74, 6) is 0. The molecule has 70 valence electrons. The van der Waals surface area contributed by atoms with Crippen LogP contribution >= 0.6 is 11.6 Å². The fourth-order valence-electron chi connectivity index (χ4n) is 1.38. The summed E-state index contributed by atoms with van der Waals surface area (Å²) in [6.07, 6.45) is 1.03. The molecule has 0 unspecified atom stereocenters. The molecule has 1 aliphatic rings. The number of hydrogen-bond donors (Lipinski definition) is 1. The lowest BCUT2D eigenvalue weighted by molar-refractivity contribution is 0.168. The van der Waals surface area contributed by atoms with Gasteiger partial charge in [0.15, 0.2) is 0 Å². The molecular weight excluding hydrogens is 188 g/mol. The van der Waals surface area contributed by atoms with E-state index in [1.165, 1.54) is 0 Å². The molecule has 1 heterocycles. The van der Waals surface area contributed by atoms with Crippen molar-refractivity contribution in [3.63, 3.8) is 0 Å². The van der Waals surface area contributed by atoms with E-state index in [9.17, 15) is 0 Å². The van der Waals surface area contributed by atoms with Gasteiger partial charge in [0.2, 0.25) is 0 Å². The van der Waals surface area contributed by atoms with E-state index in [4.69, 9.17) is 22.2 Å². The van der Waals surface area contributed by atoms with Crippen LogP contribution in [0, 0.1) is 0 Å². The highest BCUT2D eigenvalue weighted by molar-refractivity contribution is 6.33. The fourth-order valence-corrected chi connectivity index (χ4v) is 1.55. The van der Waals surface area contributed by atoms with Crippen LogP contribution in [0.5, 0.6) is 0 Å². The van der Waals surface area contributed by atoms with E-state index >= 15 is 0 Å². The third kappa shape index (κ3) is 1.57. The summed E-state index contributed by atoms with van der Waals surface area (Å²) < 4.78 is 0. The molecule has 0 aliphatic carbocycles. The van der Waals surface area contributed by atoms with E-state index in [1.54, 1.807) is 11.1 Å². The molecule has 1 aliphatic heterocycles. The number of hydrogen-bond acceptors (Lipinski definition) is 3. The van der Waals surface area contributed by atoms with Crippen LogP contribution in [-0.4, -0.2) is 13.2 Å². The van der Waals surface area contributed by atoms with Gasteiger partial charge in [0.05, 0.1) is 23.0 Å². The number of para-hydroxylation sites is 1. The lowest BCUT2D eigenvalue weighted by Gasteiger charge is -2.18. The van der Waals surface area contributed by atoms with Crippen LogP contribution in [0.15, 0.2) is 18.2 Å². The average molecular weight is 199 g/mol. The van der Waals surface area contributed by atoms with Gasteiger partial charge in [-0.25, -0.2) is 0 Å². The quantitative estimate of drug-likeness (QED) is 0.703. The monoisotopic (exact) mass is 198 g/mol. The summed E-state index contributed by atoms with van der Waals surface area (Å²) in [4.78, 5) is 5.37.